The molecule has 18 atom stereocenters. The number of Topliss-reactive ketones (excluding diaryl/α,β-unsaturated/α-hetero) is 2. The maximum Gasteiger partial charge on any atom is 0.351 e. The largest absolute Gasteiger partial charge is 0.459 e. The molecule has 2 aromatic rings. The topological polar surface area (TPSA) is 245 Å². The van der Waals surface area contributed by atoms with Crippen LogP contribution in [0, 0.1) is 64.1 Å². The van der Waals surface area contributed by atoms with Crippen molar-refractivity contribution in [2.45, 2.75) is 237 Å². The summed E-state index contributed by atoms with van der Waals surface area (Å²) in [6.07, 6.45) is 2.68. The summed E-state index contributed by atoms with van der Waals surface area (Å²) < 4.78 is 54.9. The summed E-state index contributed by atoms with van der Waals surface area (Å²) >= 11 is 0. The Kier molecular flexibility index (Phi) is 27.4. The van der Waals surface area contributed by atoms with Crippen molar-refractivity contribution >= 4 is 58.5 Å². The summed E-state index contributed by atoms with van der Waals surface area (Å²) in [6, 6.07) is 19.5. The molecule has 0 unspecified atom stereocenters. The molecule has 0 radical (unpaired) electrons. The number of ketones is 2. The van der Waals surface area contributed by atoms with Gasteiger partial charge in [0.25, 0.3) is 5.67 Å². The van der Waals surface area contributed by atoms with Gasteiger partial charge in [-0.1, -0.05) is 181 Å². The highest BCUT2D eigenvalue weighted by Gasteiger charge is 2.58. The molecule has 0 aromatic heterocycles. The molecule has 4 fully saturated rings. The van der Waals surface area contributed by atoms with E-state index in [2.05, 4.69) is 35.9 Å². The molecule has 528 valence electrons. The van der Waals surface area contributed by atoms with Gasteiger partial charge in [0.2, 0.25) is 11.8 Å². The minimum atomic E-state index is -3.01. The summed E-state index contributed by atoms with van der Waals surface area (Å²) in [7, 11) is 0. The van der Waals surface area contributed by atoms with Crippen molar-refractivity contribution in [3.8, 4) is 0 Å². The van der Waals surface area contributed by atoms with Crippen LogP contribution in [0.3, 0.4) is 0 Å². The van der Waals surface area contributed by atoms with Crippen LogP contribution >= 0.6 is 0 Å². The van der Waals surface area contributed by atoms with E-state index in [9.17, 15) is 39.0 Å². The number of aliphatic hydroxyl groups is 2. The molecule has 4 aliphatic heterocycles. The van der Waals surface area contributed by atoms with Crippen LogP contribution in [0.15, 0.2) is 93.5 Å². The molecule has 2 aromatic carbocycles. The monoisotopic (exact) mass is 1330 g/mol. The summed E-state index contributed by atoms with van der Waals surface area (Å²) in [5.74, 6) is -9.58. The second-order valence-electron chi connectivity index (χ2n) is 30.4. The number of hydrogen-bond acceptors (Lipinski definition) is 16. The molecule has 0 aliphatic carbocycles. The van der Waals surface area contributed by atoms with E-state index in [1.807, 2.05) is 148 Å². The lowest BCUT2D eigenvalue weighted by Crippen LogP contribution is -2.59. The minimum Gasteiger partial charge on any atom is -0.459 e. The van der Waals surface area contributed by atoms with Gasteiger partial charge in [-0.25, -0.2) is 19.2 Å². The number of alkyl halides is 1. The molecule has 4 heterocycles. The Balaban J connectivity index is 0.000000344. The summed E-state index contributed by atoms with van der Waals surface area (Å²) in [6.45, 7) is 39.2. The van der Waals surface area contributed by atoms with Crippen LogP contribution in [0.4, 0.5) is 4.39 Å². The number of carbonyl (C=O) groups is 6. The SMILES string of the molecule is CC[C@H]1OC(=O)[C@@](C)(F)C(=O)[C@H](C)[C@@H](C(C)(C)C)[C@@]2(C)C[C@@H](C)C(=NC(C)=O)[C@H](C)[C@@H](OC/C(=N\OCc3ccccc3)CO2)[C@]1(C)O.CC[C@H]1OC(=O)[C@H](C)C(=O)[C@H](C)[C@@H](C(C)(C)C)[C@@]2(C)C[C@@H](C)C(=NC(C)=O)[C@H](C)[C@@H](OC/C(=C\C=C\c3ccccc3)CO2)[C@]1(C)O. The molecule has 4 saturated heterocycles. The zero-order valence-corrected chi connectivity index (χ0v) is 60.8. The summed E-state index contributed by atoms with van der Waals surface area (Å²) in [5, 5.41) is 28.8. The Morgan fingerprint density at radius 1 is 0.632 bits per heavy atom. The van der Waals surface area contributed by atoms with E-state index >= 15 is 4.39 Å². The number of esters is 2. The van der Waals surface area contributed by atoms with Gasteiger partial charge in [-0.15, -0.1) is 0 Å². The van der Waals surface area contributed by atoms with Gasteiger partial charge in [0, 0.05) is 60.8 Å². The third kappa shape index (κ3) is 19.7. The normalized spacial score (nSPS) is 37.3. The van der Waals surface area contributed by atoms with Crippen LogP contribution in [-0.2, 0) is 68.6 Å². The van der Waals surface area contributed by atoms with E-state index in [1.165, 1.54) is 20.8 Å². The zero-order chi connectivity index (χ0) is 71.6. The van der Waals surface area contributed by atoms with Gasteiger partial charge in [-0.3, -0.25) is 24.0 Å². The minimum absolute atomic E-state index is 0.0759. The molecular formula is C76H112FN3O15. The van der Waals surface area contributed by atoms with Gasteiger partial charge in [0.1, 0.15) is 47.4 Å². The van der Waals surface area contributed by atoms with Crippen molar-refractivity contribution in [1.82, 2.24) is 0 Å². The molecule has 0 saturated carbocycles. The van der Waals surface area contributed by atoms with Crippen molar-refractivity contribution in [3.05, 3.63) is 89.5 Å². The number of cyclic esters (lactones) is 2. The third-order valence-corrected chi connectivity index (χ3v) is 19.9. The first-order valence-corrected chi connectivity index (χ1v) is 33.9. The van der Waals surface area contributed by atoms with E-state index in [4.69, 9.17) is 33.3 Å². The van der Waals surface area contributed by atoms with Gasteiger partial charge in [0.05, 0.1) is 49.8 Å². The molecule has 2 N–H and O–H groups in total. The standard InChI is InChI=1S/C39H57NO7.C37H55FN2O8/c1-12-31-39(11,44)35-25(3)32(40-28(6)41)24(2)21-38(10,34(37(7,8)9)26(4)33(42)27(5)36(43)47-31)46-23-30(22-45-35)20-16-19-29-17-14-13-15-18-29;1-12-28-37(11,44)32-23(3)29(39-25(5)41)22(2)18-35(9,30(34(6,7)8)24(4)31(42)36(10,38)33(43)48-28)46-21-27(20-45-32)40-47-19-26-16-14-13-15-17-26/h13-20,24-27,31,34-35,44H,12,21-23H2,1-11H3;13-17,22-24,28,30,32,44H,12,18-21H2,1-11H3/b19-16+,30-20+,40-32?;39-29?,40-27+/t24-,25+,26+,27-,31-,34+,35-,38-,39-;22-,23+,24-,28-,30+,32-,35-,36+,37-/m11/s1. The maximum absolute atomic E-state index is 16.5. The molecule has 95 heavy (non-hydrogen) atoms. The molecule has 6 rings (SSSR count). The molecular weight excluding hydrogens is 1210 g/mol. The number of benzene rings is 2. The number of carbonyl (C=O) groups excluding carboxylic acids is 6. The van der Waals surface area contributed by atoms with E-state index < -0.39 is 128 Å². The van der Waals surface area contributed by atoms with Crippen molar-refractivity contribution in [3.63, 3.8) is 0 Å². The molecule has 2 amide bonds. The number of oxime groups is 1. The van der Waals surface area contributed by atoms with Crippen LogP contribution in [0.25, 0.3) is 6.08 Å². The van der Waals surface area contributed by atoms with E-state index in [0.717, 1.165) is 23.6 Å². The first-order chi connectivity index (χ1) is 44.0. The van der Waals surface area contributed by atoms with Gasteiger partial charge in [0.15, 0.2) is 5.78 Å². The summed E-state index contributed by atoms with van der Waals surface area (Å²) in [4.78, 5) is 95.2. The molecule has 18 nitrogen and oxygen atoms in total. The van der Waals surface area contributed by atoms with E-state index in [-0.39, 0.29) is 75.8 Å². The second-order valence-corrected chi connectivity index (χ2v) is 30.4. The Morgan fingerprint density at radius 2 is 1.08 bits per heavy atom. The van der Waals surface area contributed by atoms with Crippen molar-refractivity contribution in [1.29, 1.82) is 0 Å². The number of amides is 2. The van der Waals surface area contributed by atoms with Crippen molar-refractivity contribution in [2.75, 3.05) is 26.4 Å². The zero-order valence-electron chi connectivity index (χ0n) is 60.8. The van der Waals surface area contributed by atoms with Crippen LogP contribution in [0.5, 0.6) is 0 Å². The van der Waals surface area contributed by atoms with E-state index in [0.29, 0.717) is 23.6 Å². The lowest BCUT2D eigenvalue weighted by atomic mass is 9.60. The van der Waals surface area contributed by atoms with Gasteiger partial charge >= 0.3 is 11.9 Å². The molecule has 0 spiro atoms. The number of aliphatic imine (C=N–C) groups is 2. The van der Waals surface area contributed by atoms with Gasteiger partial charge in [-0.2, -0.15) is 0 Å². The second kappa shape index (κ2) is 32.6. The lowest BCUT2D eigenvalue weighted by molar-refractivity contribution is -0.198. The molecule has 4 aliphatic rings. The quantitative estimate of drug-likeness (QED) is 0.149. The number of allylic oxidation sites excluding steroid dienone is 2. The average Bonchev–Trinajstić information content (AvgIpc) is 1.61. The van der Waals surface area contributed by atoms with Crippen molar-refractivity contribution < 1.29 is 76.6 Å². The van der Waals surface area contributed by atoms with Gasteiger partial charge < -0.3 is 43.5 Å². The number of hydrogen-bond donors (Lipinski definition) is 2. The number of fused-ring (bicyclic) bond motifs is 10. The van der Waals surface area contributed by atoms with Crippen LogP contribution in [0.1, 0.15) is 189 Å². The molecule has 4 bridgehead atoms. The highest BCUT2D eigenvalue weighted by molar-refractivity contribution is 6.08. The fourth-order valence-corrected chi connectivity index (χ4v) is 16.2. The van der Waals surface area contributed by atoms with Crippen LogP contribution < -0.4 is 0 Å². The lowest BCUT2D eigenvalue weighted by Gasteiger charge is -2.49. The molecule has 19 heteroatoms. The first-order valence-electron chi connectivity index (χ1n) is 33.9. The fourth-order valence-electron chi connectivity index (χ4n) is 16.2. The number of rotatable bonds is 7. The first kappa shape index (κ1) is 79.7. The fraction of sp³-hybridized carbons (Fsp3) is 0.671. The van der Waals surface area contributed by atoms with Crippen molar-refractivity contribution in [2.24, 2.45) is 79.2 Å². The Labute approximate surface area is 565 Å². The Hall–Kier alpha value is -5.96. The van der Waals surface area contributed by atoms with Gasteiger partial charge in [-0.05, 0) is 107 Å². The number of nitrogens with zero attached hydrogens (tertiary/aromatic N) is 3. The van der Waals surface area contributed by atoms with E-state index in [1.54, 1.807) is 34.6 Å². The summed E-state index contributed by atoms with van der Waals surface area (Å²) in [5.41, 5.74) is -5.56. The Bertz CT molecular complexity index is 3140. The highest BCUT2D eigenvalue weighted by Crippen LogP contribution is 2.50. The maximum atomic E-state index is 16.5. The predicted molar refractivity (Wildman–Crippen MR) is 367 cm³/mol. The van der Waals surface area contributed by atoms with Crippen LogP contribution in [-0.4, -0.2) is 142 Å². The smallest absolute Gasteiger partial charge is 0.351 e. The Morgan fingerprint density at radius 3 is 1.56 bits per heavy atom. The predicted octanol–water partition coefficient (Wildman–Crippen LogP) is 13.1. The number of ether oxygens (including phenoxy) is 6. The number of halogens is 1. The highest BCUT2D eigenvalue weighted by atomic mass is 19.1. The van der Waals surface area contributed by atoms with Crippen LogP contribution in [0.2, 0.25) is 0 Å². The average molecular weight is 1330 g/mol. The third-order valence-electron chi connectivity index (χ3n) is 19.9.